The number of nitrogens with zero attached hydrogens (tertiary/aromatic N) is 1. The van der Waals surface area contributed by atoms with Crippen molar-refractivity contribution >= 4 is 35.0 Å². The molecule has 1 unspecified atom stereocenters. The van der Waals surface area contributed by atoms with Crippen molar-refractivity contribution in [3.05, 3.63) is 77.4 Å². The molecule has 1 heterocycles. The number of amides is 2. The Morgan fingerprint density at radius 3 is 2.29 bits per heavy atom. The molecule has 1 aliphatic heterocycles. The van der Waals surface area contributed by atoms with Gasteiger partial charge in [-0.1, -0.05) is 30.3 Å². The molecule has 0 bridgehead atoms. The third-order valence-electron chi connectivity index (χ3n) is 5.59. The molecule has 0 aromatic heterocycles. The van der Waals surface area contributed by atoms with E-state index in [0.29, 0.717) is 39.9 Å². The molecule has 1 saturated heterocycles. The predicted molar refractivity (Wildman–Crippen MR) is 134 cm³/mol. The molecule has 34 heavy (non-hydrogen) atoms. The van der Waals surface area contributed by atoms with Gasteiger partial charge in [-0.15, -0.1) is 11.8 Å². The number of carbonyl (C=O) groups is 2. The van der Waals surface area contributed by atoms with Gasteiger partial charge in [0.25, 0.3) is 5.91 Å². The minimum Gasteiger partial charge on any atom is -0.496 e. The van der Waals surface area contributed by atoms with Gasteiger partial charge in [0.15, 0.2) is 0 Å². The van der Waals surface area contributed by atoms with E-state index in [1.54, 1.807) is 30.2 Å². The lowest BCUT2D eigenvalue weighted by atomic mass is 10.1. The third kappa shape index (κ3) is 4.41. The maximum atomic E-state index is 13.3. The number of hydrogen-bond donors (Lipinski definition) is 1. The summed E-state index contributed by atoms with van der Waals surface area (Å²) in [4.78, 5) is 28.1. The second-order valence-corrected chi connectivity index (χ2v) is 8.75. The minimum absolute atomic E-state index is 0.0218. The van der Waals surface area contributed by atoms with Crippen LogP contribution in [0.1, 0.15) is 26.9 Å². The van der Waals surface area contributed by atoms with Crippen LogP contribution in [0.15, 0.2) is 60.7 Å². The van der Waals surface area contributed by atoms with E-state index >= 15 is 0 Å². The fraction of sp³-hybridized carbons (Fsp3) is 0.231. The van der Waals surface area contributed by atoms with Crippen LogP contribution < -0.4 is 24.4 Å². The van der Waals surface area contributed by atoms with Crippen LogP contribution in [-0.4, -0.2) is 38.9 Å². The summed E-state index contributed by atoms with van der Waals surface area (Å²) in [5.41, 5.74) is 3.43. The summed E-state index contributed by atoms with van der Waals surface area (Å²) < 4.78 is 16.3. The Morgan fingerprint density at radius 1 is 0.941 bits per heavy atom. The molecule has 1 fully saturated rings. The summed E-state index contributed by atoms with van der Waals surface area (Å²) in [5, 5.41) is 2.66. The van der Waals surface area contributed by atoms with Gasteiger partial charge in [-0.25, -0.2) is 0 Å². The first-order chi connectivity index (χ1) is 16.5. The Bertz CT molecular complexity index is 1210. The van der Waals surface area contributed by atoms with Gasteiger partial charge in [-0.05, 0) is 42.8 Å². The first-order valence-electron chi connectivity index (χ1n) is 10.7. The zero-order chi connectivity index (χ0) is 24.2. The zero-order valence-electron chi connectivity index (χ0n) is 19.5. The summed E-state index contributed by atoms with van der Waals surface area (Å²) in [5.74, 6) is 1.37. The predicted octanol–water partition coefficient (Wildman–Crippen LogP) is 5.05. The molecule has 1 aliphatic rings. The molecular weight excluding hydrogens is 452 g/mol. The quantitative estimate of drug-likeness (QED) is 0.512. The number of para-hydroxylation sites is 1. The number of methoxy groups -OCH3 is 3. The maximum Gasteiger partial charge on any atom is 0.263 e. The second kappa shape index (κ2) is 10.1. The van der Waals surface area contributed by atoms with Gasteiger partial charge in [-0.2, -0.15) is 0 Å². The lowest BCUT2D eigenvalue weighted by Crippen LogP contribution is -2.29. The van der Waals surface area contributed by atoms with Crippen molar-refractivity contribution < 1.29 is 23.8 Å². The van der Waals surface area contributed by atoms with Gasteiger partial charge >= 0.3 is 0 Å². The van der Waals surface area contributed by atoms with Gasteiger partial charge < -0.3 is 19.5 Å². The molecule has 0 saturated carbocycles. The molecule has 2 amide bonds. The highest BCUT2D eigenvalue weighted by Gasteiger charge is 2.37. The zero-order valence-corrected chi connectivity index (χ0v) is 20.3. The van der Waals surface area contributed by atoms with Crippen LogP contribution in [0, 0.1) is 6.92 Å². The molecule has 3 aromatic carbocycles. The van der Waals surface area contributed by atoms with Gasteiger partial charge in [0.05, 0.1) is 32.8 Å². The van der Waals surface area contributed by atoms with Crippen molar-refractivity contribution in [2.24, 2.45) is 0 Å². The molecule has 176 valence electrons. The van der Waals surface area contributed by atoms with Crippen LogP contribution in [0.2, 0.25) is 0 Å². The molecule has 1 N–H and O–H groups in total. The minimum atomic E-state index is -0.365. The number of hydrogen-bond acceptors (Lipinski definition) is 6. The van der Waals surface area contributed by atoms with Crippen molar-refractivity contribution in [1.82, 2.24) is 0 Å². The molecule has 8 heteroatoms. The van der Waals surface area contributed by atoms with Crippen LogP contribution in [0.4, 0.5) is 11.4 Å². The van der Waals surface area contributed by atoms with Crippen LogP contribution in [-0.2, 0) is 4.79 Å². The van der Waals surface area contributed by atoms with Crippen LogP contribution in [0.25, 0.3) is 0 Å². The maximum absolute atomic E-state index is 13.3. The summed E-state index contributed by atoms with van der Waals surface area (Å²) in [7, 11) is 4.60. The van der Waals surface area contributed by atoms with E-state index in [1.165, 1.54) is 26.0 Å². The second-order valence-electron chi connectivity index (χ2n) is 7.68. The van der Waals surface area contributed by atoms with Crippen molar-refractivity contribution in [3.8, 4) is 17.2 Å². The fourth-order valence-corrected chi connectivity index (χ4v) is 5.19. The number of anilines is 2. The smallest absolute Gasteiger partial charge is 0.263 e. The largest absolute Gasteiger partial charge is 0.496 e. The van der Waals surface area contributed by atoms with Crippen LogP contribution in [0.3, 0.4) is 0 Å². The van der Waals surface area contributed by atoms with Crippen molar-refractivity contribution in [3.63, 3.8) is 0 Å². The van der Waals surface area contributed by atoms with E-state index in [1.807, 2.05) is 49.4 Å². The van der Waals surface area contributed by atoms with Gasteiger partial charge in [-0.3, -0.25) is 14.5 Å². The van der Waals surface area contributed by atoms with E-state index in [9.17, 15) is 9.59 Å². The molecule has 0 radical (unpaired) electrons. The lowest BCUT2D eigenvalue weighted by molar-refractivity contribution is -0.115. The van der Waals surface area contributed by atoms with E-state index in [2.05, 4.69) is 5.32 Å². The first kappa shape index (κ1) is 23.5. The number of rotatable bonds is 7. The Morgan fingerprint density at radius 2 is 1.62 bits per heavy atom. The fourth-order valence-electron chi connectivity index (χ4n) is 3.99. The highest BCUT2D eigenvalue weighted by atomic mass is 32.2. The third-order valence-corrected chi connectivity index (χ3v) is 6.79. The van der Waals surface area contributed by atoms with Gasteiger partial charge in [0.2, 0.25) is 5.91 Å². The first-order valence-corrected chi connectivity index (χ1v) is 11.7. The summed E-state index contributed by atoms with van der Waals surface area (Å²) in [6.07, 6.45) is 0. The van der Waals surface area contributed by atoms with Crippen molar-refractivity contribution in [2.75, 3.05) is 37.3 Å². The molecule has 1 atom stereocenters. The lowest BCUT2D eigenvalue weighted by Gasteiger charge is -2.27. The average molecular weight is 479 g/mol. The Hall–Kier alpha value is -3.65. The number of benzene rings is 3. The molecule has 0 aliphatic carbocycles. The number of aryl methyl sites for hydroxylation is 1. The highest BCUT2D eigenvalue weighted by molar-refractivity contribution is 8.00. The number of nitrogens with one attached hydrogen (secondary N) is 1. The van der Waals surface area contributed by atoms with E-state index in [-0.39, 0.29) is 17.2 Å². The van der Waals surface area contributed by atoms with E-state index in [4.69, 9.17) is 14.2 Å². The van der Waals surface area contributed by atoms with Gasteiger partial charge in [0.1, 0.15) is 28.2 Å². The molecule has 0 spiro atoms. The topological polar surface area (TPSA) is 77.1 Å². The normalized spacial score (nSPS) is 15.2. The molecular formula is C26H26N2O5S. The Labute approximate surface area is 203 Å². The Balaban J connectivity index is 1.73. The summed E-state index contributed by atoms with van der Waals surface area (Å²) >= 11 is 1.50. The van der Waals surface area contributed by atoms with Crippen molar-refractivity contribution in [2.45, 2.75) is 12.3 Å². The monoisotopic (exact) mass is 478 g/mol. The van der Waals surface area contributed by atoms with Crippen LogP contribution in [0.5, 0.6) is 17.2 Å². The van der Waals surface area contributed by atoms with E-state index in [0.717, 1.165) is 11.1 Å². The van der Waals surface area contributed by atoms with Crippen LogP contribution >= 0.6 is 11.8 Å². The highest BCUT2D eigenvalue weighted by Crippen LogP contribution is 2.47. The molecule has 7 nitrogen and oxygen atoms in total. The number of thioether (sulfide) groups is 1. The van der Waals surface area contributed by atoms with Crippen molar-refractivity contribution in [1.29, 1.82) is 0 Å². The number of ether oxygens (including phenoxy) is 3. The molecule has 4 rings (SSSR count). The molecule has 3 aromatic rings. The number of carbonyl (C=O) groups excluding carboxylic acids is 2. The average Bonchev–Trinajstić information content (AvgIpc) is 3.24. The van der Waals surface area contributed by atoms with E-state index < -0.39 is 0 Å². The summed E-state index contributed by atoms with van der Waals surface area (Å²) in [6, 6.07) is 18.4. The standard InChI is InChI=1S/C26H26N2O5S/c1-16-12-13-20(31-2)19(14-16)28-23(29)15-34-26(28)17-8-5-6-9-18(17)27-25(30)24-21(32-3)10-7-11-22(24)33-4/h5-14,26H,15H2,1-4H3,(H,27,30). The summed E-state index contributed by atoms with van der Waals surface area (Å²) in [6.45, 7) is 1.97. The SMILES string of the molecule is COc1ccc(C)cc1N1C(=O)CSC1c1ccccc1NC(=O)c1c(OC)cccc1OC. The Kier molecular flexibility index (Phi) is 6.98. The van der Waals surface area contributed by atoms with Gasteiger partial charge in [0, 0.05) is 11.3 Å².